The van der Waals surface area contributed by atoms with Crippen LogP contribution in [0.2, 0.25) is 0 Å². The molecule has 3 fully saturated rings. The van der Waals surface area contributed by atoms with Crippen LogP contribution in [-0.4, -0.2) is 94.6 Å². The third-order valence-electron chi connectivity index (χ3n) is 10.7. The number of carbonyl (C=O) groups is 2. The number of thiophene rings is 1. The Morgan fingerprint density at radius 3 is 2.39 bits per heavy atom. The highest BCUT2D eigenvalue weighted by molar-refractivity contribution is 7.23. The Balaban J connectivity index is 1.27. The molecule has 8 rings (SSSR count). The number of ether oxygens (including phenoxy) is 4. The number of hydrogen-bond donors (Lipinski definition) is 1. The topological polar surface area (TPSA) is 142 Å². The van der Waals surface area contributed by atoms with Crippen LogP contribution < -0.4 is 15.0 Å². The van der Waals surface area contributed by atoms with Crippen LogP contribution in [-0.2, 0) is 27.4 Å². The summed E-state index contributed by atoms with van der Waals surface area (Å²) in [6.07, 6.45) is 1.60. The van der Waals surface area contributed by atoms with Gasteiger partial charge in [-0.15, -0.1) is 11.3 Å². The number of anilines is 2. The minimum Gasteiger partial charge on any atom is -0.462 e. The average molecular weight is 790 g/mol. The Morgan fingerprint density at radius 1 is 1.02 bits per heavy atom. The fourth-order valence-corrected chi connectivity index (χ4v) is 9.34. The minimum absolute atomic E-state index is 0.0127. The fourth-order valence-electron chi connectivity index (χ4n) is 8.30. The SMILES string of the molecule is CN1CCC[C@H]1COc1nc(N2C3CC2CN(C(=O)OC(C)(C)C)C3)c2c3c(c(-c4c(F)ccc5sc(NC(=O)OC(C)(C)C)c(C#N)c45)c(F)c2n1)COC3. The molecule has 2 bridgehead atoms. The second-order valence-corrected chi connectivity index (χ2v) is 18.0. The zero-order valence-corrected chi connectivity index (χ0v) is 33.4. The first-order chi connectivity index (χ1) is 26.5. The Hall–Kier alpha value is -4.85. The monoisotopic (exact) mass is 789 g/mol. The molecular formula is C40H45F2N7O6S. The Kier molecular flexibility index (Phi) is 9.49. The molecule has 16 heteroatoms. The van der Waals surface area contributed by atoms with Crippen molar-refractivity contribution < 1.29 is 37.3 Å². The van der Waals surface area contributed by atoms with Crippen LogP contribution in [0.25, 0.3) is 32.1 Å². The van der Waals surface area contributed by atoms with Crippen molar-refractivity contribution in [3.8, 4) is 23.2 Å². The van der Waals surface area contributed by atoms with E-state index in [0.717, 1.165) is 37.1 Å². The van der Waals surface area contributed by atoms with Gasteiger partial charge in [0.25, 0.3) is 0 Å². The molecule has 3 atom stereocenters. The van der Waals surface area contributed by atoms with Gasteiger partial charge in [0.1, 0.15) is 46.0 Å². The summed E-state index contributed by atoms with van der Waals surface area (Å²) >= 11 is 1.07. The van der Waals surface area contributed by atoms with E-state index in [0.29, 0.717) is 46.7 Å². The molecule has 0 aliphatic carbocycles. The zero-order valence-electron chi connectivity index (χ0n) is 32.5. The number of piperidine rings is 1. The van der Waals surface area contributed by atoms with Crippen LogP contribution in [0.5, 0.6) is 6.01 Å². The van der Waals surface area contributed by atoms with Crippen molar-refractivity contribution in [3.63, 3.8) is 0 Å². The number of benzene rings is 2. The second kappa shape index (κ2) is 14.0. The molecule has 6 heterocycles. The maximum absolute atomic E-state index is 17.7. The summed E-state index contributed by atoms with van der Waals surface area (Å²) in [6.45, 7) is 12.7. The molecule has 56 heavy (non-hydrogen) atoms. The molecule has 2 aromatic carbocycles. The lowest BCUT2D eigenvalue weighted by Gasteiger charge is -2.56. The van der Waals surface area contributed by atoms with Crippen molar-refractivity contribution in [1.82, 2.24) is 19.8 Å². The normalized spacial score (nSPS) is 20.9. The number of hydrogen-bond acceptors (Lipinski definition) is 12. The molecule has 3 saturated heterocycles. The number of halogens is 2. The summed E-state index contributed by atoms with van der Waals surface area (Å²) in [5, 5.41) is 13.8. The van der Waals surface area contributed by atoms with E-state index in [4.69, 9.17) is 23.9 Å². The number of nitriles is 1. The van der Waals surface area contributed by atoms with Gasteiger partial charge in [-0.1, -0.05) is 0 Å². The van der Waals surface area contributed by atoms with Crippen LogP contribution in [0.1, 0.15) is 77.5 Å². The van der Waals surface area contributed by atoms with Crippen molar-refractivity contribution in [3.05, 3.63) is 40.5 Å². The number of nitrogens with one attached hydrogen (secondary N) is 1. The second-order valence-electron chi connectivity index (χ2n) is 17.0. The highest BCUT2D eigenvalue weighted by Gasteiger charge is 2.49. The summed E-state index contributed by atoms with van der Waals surface area (Å²) in [7, 11) is 2.03. The van der Waals surface area contributed by atoms with E-state index in [1.54, 1.807) is 25.7 Å². The number of rotatable bonds is 6. The molecule has 2 amide bonds. The van der Waals surface area contributed by atoms with E-state index >= 15 is 8.78 Å². The van der Waals surface area contributed by atoms with Crippen molar-refractivity contribution in [2.24, 2.45) is 0 Å². The van der Waals surface area contributed by atoms with Gasteiger partial charge in [-0.05, 0) is 97.7 Å². The Labute approximate surface area is 327 Å². The number of aromatic nitrogens is 2. The highest BCUT2D eigenvalue weighted by atomic mass is 32.1. The zero-order chi connectivity index (χ0) is 39.8. The summed E-state index contributed by atoms with van der Waals surface area (Å²) in [6, 6.07) is 4.72. The number of amides is 2. The van der Waals surface area contributed by atoms with Gasteiger partial charge >= 0.3 is 18.2 Å². The van der Waals surface area contributed by atoms with Gasteiger partial charge in [-0.25, -0.2) is 18.4 Å². The van der Waals surface area contributed by atoms with Crippen LogP contribution >= 0.6 is 11.3 Å². The molecule has 2 unspecified atom stereocenters. The smallest absolute Gasteiger partial charge is 0.412 e. The Morgan fingerprint density at radius 2 is 1.73 bits per heavy atom. The fraction of sp³-hybridized carbons (Fsp3) is 0.525. The Bertz CT molecular complexity index is 2300. The van der Waals surface area contributed by atoms with Gasteiger partial charge in [0.05, 0.1) is 36.2 Å². The van der Waals surface area contributed by atoms with Gasteiger partial charge in [-0.2, -0.15) is 15.2 Å². The molecule has 0 spiro atoms. The van der Waals surface area contributed by atoms with E-state index in [1.807, 2.05) is 27.8 Å². The van der Waals surface area contributed by atoms with Gasteiger partial charge in [0.15, 0.2) is 5.82 Å². The number of fused-ring (bicyclic) bond motifs is 6. The number of nitrogens with zero attached hydrogens (tertiary/aromatic N) is 6. The maximum Gasteiger partial charge on any atom is 0.412 e. The van der Waals surface area contributed by atoms with Crippen LogP contribution in [0.4, 0.5) is 29.2 Å². The van der Waals surface area contributed by atoms with Crippen LogP contribution in [0.15, 0.2) is 12.1 Å². The van der Waals surface area contributed by atoms with E-state index in [-0.39, 0.29) is 76.0 Å². The first-order valence-corrected chi connectivity index (χ1v) is 19.7. The summed E-state index contributed by atoms with van der Waals surface area (Å²) in [5.41, 5.74) is -0.695. The molecule has 4 aliphatic rings. The minimum atomic E-state index is -0.806. The number of likely N-dealkylation sites (N-methyl/N-ethyl adjacent to an activating group) is 1. The van der Waals surface area contributed by atoms with Gasteiger partial charge < -0.3 is 33.6 Å². The number of piperazine rings is 1. The largest absolute Gasteiger partial charge is 0.462 e. The molecule has 4 aromatic rings. The molecule has 296 valence electrons. The quantitative estimate of drug-likeness (QED) is 0.205. The third-order valence-corrected chi connectivity index (χ3v) is 11.8. The van der Waals surface area contributed by atoms with E-state index in [1.165, 1.54) is 12.1 Å². The first-order valence-electron chi connectivity index (χ1n) is 18.9. The van der Waals surface area contributed by atoms with Crippen molar-refractivity contribution >= 4 is 55.3 Å². The van der Waals surface area contributed by atoms with E-state index in [2.05, 4.69) is 26.2 Å². The molecular weight excluding hydrogens is 745 g/mol. The lowest BCUT2D eigenvalue weighted by Crippen LogP contribution is -2.70. The lowest BCUT2D eigenvalue weighted by molar-refractivity contribution is 0.00842. The molecule has 13 nitrogen and oxygen atoms in total. The van der Waals surface area contributed by atoms with Crippen molar-refractivity contribution in [1.29, 1.82) is 5.26 Å². The predicted molar refractivity (Wildman–Crippen MR) is 207 cm³/mol. The van der Waals surface area contributed by atoms with Gasteiger partial charge in [0, 0.05) is 40.3 Å². The third kappa shape index (κ3) is 6.83. The molecule has 0 saturated carbocycles. The van der Waals surface area contributed by atoms with Gasteiger partial charge in [-0.3, -0.25) is 5.32 Å². The molecule has 1 N–H and O–H groups in total. The molecule has 0 radical (unpaired) electrons. The molecule has 2 aromatic heterocycles. The van der Waals surface area contributed by atoms with Gasteiger partial charge in [0.2, 0.25) is 0 Å². The summed E-state index contributed by atoms with van der Waals surface area (Å²) in [4.78, 5) is 41.5. The number of likely N-dealkylation sites (tertiary alicyclic amines) is 2. The lowest BCUT2D eigenvalue weighted by atomic mass is 9.86. The van der Waals surface area contributed by atoms with Crippen molar-refractivity contribution in [2.45, 2.75) is 103 Å². The van der Waals surface area contributed by atoms with Crippen LogP contribution in [0.3, 0.4) is 0 Å². The van der Waals surface area contributed by atoms with E-state index < -0.39 is 28.9 Å². The first kappa shape index (κ1) is 38.0. The maximum atomic E-state index is 17.7. The van der Waals surface area contributed by atoms with Crippen LogP contribution in [0, 0.1) is 23.0 Å². The summed E-state index contributed by atoms with van der Waals surface area (Å²) < 4.78 is 57.8. The van der Waals surface area contributed by atoms with Crippen molar-refractivity contribution in [2.75, 3.05) is 43.5 Å². The standard InChI is InChI=1S/C40H45F2N7O6S/c1-39(2,3)54-37(50)46-35-23(14-43)28-27(56-35)11-10-26(41)31(28)29-24-18-52-19-25(24)30-33(32(29)42)44-36(53-17-20-9-8-12-47(20)7)45-34(30)49-21-13-22(49)16-48(15-21)38(51)55-40(4,5)6/h10-11,20-22H,8-9,12-13,15-19H2,1-7H3,(H,46,50)/t20-,21?,22?/m0/s1. The van der Waals surface area contributed by atoms with E-state index in [9.17, 15) is 14.9 Å². The molecule has 4 aliphatic heterocycles. The summed E-state index contributed by atoms with van der Waals surface area (Å²) in [5.74, 6) is -1.09. The predicted octanol–water partition coefficient (Wildman–Crippen LogP) is 7.71. The average Bonchev–Trinajstić information content (AvgIpc) is 3.85. The highest BCUT2D eigenvalue weighted by Crippen LogP contribution is 2.50. The number of carbonyl (C=O) groups excluding carboxylic acids is 2.